The third kappa shape index (κ3) is 4.53. The summed E-state index contributed by atoms with van der Waals surface area (Å²) >= 11 is 0. The highest BCUT2D eigenvalue weighted by atomic mass is 16.2. The van der Waals surface area contributed by atoms with Gasteiger partial charge in [0.2, 0.25) is 0 Å². The average molecular weight is 548 g/mol. The Labute approximate surface area is 242 Å². The first-order chi connectivity index (χ1) is 21.9. The van der Waals surface area contributed by atoms with E-state index in [2.05, 4.69) is 32.3 Å². The van der Waals surface area contributed by atoms with Crippen molar-refractivity contribution in [3.63, 3.8) is 0 Å². The fourth-order valence-corrected chi connectivity index (χ4v) is 4.57. The maximum atomic E-state index is 14.5. The number of hydrogen-bond donors (Lipinski definition) is 1. The summed E-state index contributed by atoms with van der Waals surface area (Å²) in [5, 5.41) is 11.5. The van der Waals surface area contributed by atoms with Crippen LogP contribution in [0.25, 0.3) is 22.2 Å². The van der Waals surface area contributed by atoms with Gasteiger partial charge < -0.3 is 5.32 Å². The van der Waals surface area contributed by atoms with E-state index in [0.29, 0.717) is 22.5 Å². The zero-order chi connectivity index (χ0) is 33.0. The van der Waals surface area contributed by atoms with Gasteiger partial charge in [0.1, 0.15) is 11.4 Å². The van der Waals surface area contributed by atoms with Crippen LogP contribution in [0, 0.1) is 25.7 Å². The van der Waals surface area contributed by atoms with Crippen LogP contribution in [0.4, 0.5) is 0 Å². The molecule has 6 aromatic rings. The van der Waals surface area contributed by atoms with Crippen LogP contribution >= 0.6 is 0 Å². The number of nitrogens with zero attached hydrogens (tertiary/aromatic N) is 7. The van der Waals surface area contributed by atoms with Crippen LogP contribution in [0.1, 0.15) is 58.5 Å². The average Bonchev–Trinajstić information content (AvgIpc) is 3.55. The molecule has 202 valence electrons. The lowest BCUT2D eigenvalue weighted by molar-refractivity contribution is 0.0938. The standard InChI is InChI=1S/C31H26N8O2/c1-19-26(29-32-16-9-17-38(29)36-19)30(40)34-20(2)28-35-25-13-8-10-22(14-15-23-18-33-37(4)21(23)3)27(25)31(41)39(28)24-11-6-5-7-12-24/h5-13,16-18,20H,1-4H3,(H,34,40)/t20-/m1/s1/i5D,6D,7D,11D,12D. The molecule has 10 nitrogen and oxygen atoms in total. The Morgan fingerprint density at radius 1 is 1.10 bits per heavy atom. The number of amides is 1. The molecule has 0 fully saturated rings. The molecule has 1 atom stereocenters. The second kappa shape index (κ2) is 10.2. The molecule has 0 aliphatic heterocycles. The van der Waals surface area contributed by atoms with Crippen LogP contribution in [-0.2, 0) is 7.05 Å². The van der Waals surface area contributed by atoms with E-state index in [1.54, 1.807) is 62.2 Å². The molecule has 6 rings (SSSR count). The van der Waals surface area contributed by atoms with Gasteiger partial charge in [0, 0.05) is 25.0 Å². The zero-order valence-electron chi connectivity index (χ0n) is 27.6. The van der Waals surface area contributed by atoms with E-state index in [-0.39, 0.29) is 22.3 Å². The van der Waals surface area contributed by atoms with E-state index >= 15 is 0 Å². The van der Waals surface area contributed by atoms with Crippen molar-refractivity contribution in [2.24, 2.45) is 7.05 Å². The van der Waals surface area contributed by atoms with Gasteiger partial charge in [0.15, 0.2) is 5.65 Å². The zero-order valence-corrected chi connectivity index (χ0v) is 22.6. The molecule has 0 unspecified atom stereocenters. The lowest BCUT2D eigenvalue weighted by Gasteiger charge is -2.20. The molecule has 0 aliphatic carbocycles. The Kier molecular flexibility index (Phi) is 5.07. The maximum Gasteiger partial charge on any atom is 0.267 e. The van der Waals surface area contributed by atoms with Crippen LogP contribution in [0.15, 0.2) is 77.9 Å². The lowest BCUT2D eigenvalue weighted by atomic mass is 10.1. The molecule has 1 N–H and O–H groups in total. The first-order valence-corrected chi connectivity index (χ1v) is 12.6. The van der Waals surface area contributed by atoms with Gasteiger partial charge in [-0.3, -0.25) is 18.8 Å². The van der Waals surface area contributed by atoms with Crippen molar-refractivity contribution in [2.45, 2.75) is 26.8 Å². The highest BCUT2D eigenvalue weighted by Crippen LogP contribution is 2.21. The first kappa shape index (κ1) is 20.4. The van der Waals surface area contributed by atoms with E-state index in [0.717, 1.165) is 10.3 Å². The fraction of sp³-hybridized carbons (Fsp3) is 0.161. The summed E-state index contributed by atoms with van der Waals surface area (Å²) in [5.74, 6) is 5.45. The van der Waals surface area contributed by atoms with Crippen LogP contribution in [0.5, 0.6) is 0 Å². The molecule has 0 aliphatic rings. The van der Waals surface area contributed by atoms with Gasteiger partial charge in [-0.2, -0.15) is 10.2 Å². The molecule has 1 amide bonds. The van der Waals surface area contributed by atoms with Crippen LogP contribution in [0.3, 0.4) is 0 Å². The normalized spacial score (nSPS) is 13.5. The molecule has 10 heteroatoms. The van der Waals surface area contributed by atoms with Crippen molar-refractivity contribution < 1.29 is 11.6 Å². The second-order valence-electron chi connectivity index (χ2n) is 9.34. The molecule has 0 saturated heterocycles. The van der Waals surface area contributed by atoms with Gasteiger partial charge in [0.05, 0.1) is 52.6 Å². The largest absolute Gasteiger partial charge is 0.342 e. The lowest BCUT2D eigenvalue weighted by Crippen LogP contribution is -2.33. The molecule has 41 heavy (non-hydrogen) atoms. The van der Waals surface area contributed by atoms with Crippen molar-refractivity contribution in [3.05, 3.63) is 117 Å². The summed E-state index contributed by atoms with van der Waals surface area (Å²) < 4.78 is 46.0. The molecule has 4 aromatic heterocycles. The van der Waals surface area contributed by atoms with Crippen molar-refractivity contribution >= 4 is 22.5 Å². The molecule has 0 bridgehead atoms. The Morgan fingerprint density at radius 3 is 2.63 bits per heavy atom. The molecular weight excluding hydrogens is 516 g/mol. The molecule has 0 saturated carbocycles. The quantitative estimate of drug-likeness (QED) is 0.337. The number of nitrogens with one attached hydrogen (secondary N) is 1. The van der Waals surface area contributed by atoms with E-state index in [9.17, 15) is 9.59 Å². The van der Waals surface area contributed by atoms with Gasteiger partial charge in [-0.15, -0.1) is 0 Å². The molecule has 0 spiro atoms. The minimum Gasteiger partial charge on any atom is -0.342 e. The van der Waals surface area contributed by atoms with Crippen molar-refractivity contribution in [2.75, 3.05) is 0 Å². The highest BCUT2D eigenvalue weighted by Gasteiger charge is 2.24. The summed E-state index contributed by atoms with van der Waals surface area (Å²) in [6.45, 7) is 5.11. The fourth-order valence-electron chi connectivity index (χ4n) is 4.57. The number of fused-ring (bicyclic) bond motifs is 2. The number of carbonyl (C=O) groups excluding carboxylic acids is 1. The van der Waals surface area contributed by atoms with Crippen molar-refractivity contribution in [1.29, 1.82) is 0 Å². The van der Waals surface area contributed by atoms with Gasteiger partial charge in [-0.1, -0.05) is 36.0 Å². The molecular formula is C31H26N8O2. The van der Waals surface area contributed by atoms with Gasteiger partial charge in [-0.05, 0) is 51.1 Å². The monoisotopic (exact) mass is 547 g/mol. The number of aryl methyl sites for hydroxylation is 2. The van der Waals surface area contributed by atoms with Crippen molar-refractivity contribution in [1.82, 2.24) is 39.2 Å². The van der Waals surface area contributed by atoms with Gasteiger partial charge in [0.25, 0.3) is 11.5 Å². The predicted octanol–water partition coefficient (Wildman–Crippen LogP) is 3.67. The van der Waals surface area contributed by atoms with E-state index in [4.69, 9.17) is 11.8 Å². The third-order valence-corrected chi connectivity index (χ3v) is 6.73. The summed E-state index contributed by atoms with van der Waals surface area (Å²) in [7, 11) is 1.79. The van der Waals surface area contributed by atoms with E-state index < -0.39 is 53.4 Å². The molecule has 0 radical (unpaired) electrons. The van der Waals surface area contributed by atoms with Crippen molar-refractivity contribution in [3.8, 4) is 17.5 Å². The Hall–Kier alpha value is -5.56. The Morgan fingerprint density at radius 2 is 1.88 bits per heavy atom. The number of para-hydroxylation sites is 1. The van der Waals surface area contributed by atoms with Crippen LogP contribution in [0.2, 0.25) is 0 Å². The summed E-state index contributed by atoms with van der Waals surface area (Å²) in [4.78, 5) is 37.1. The SMILES string of the molecule is [2H]c1c([2H])c([2H])c(-n2c([C@@H](C)NC(=O)c3c(C)nn4cccnc34)nc3cccc(C#Cc4cnn(C)c4C)c3c2=O)c([2H])c1[2H]. The first-order valence-electron chi connectivity index (χ1n) is 15.1. The predicted molar refractivity (Wildman–Crippen MR) is 155 cm³/mol. The number of benzene rings is 2. The molecule has 4 heterocycles. The topological polar surface area (TPSA) is 112 Å². The Balaban J connectivity index is 1.58. The highest BCUT2D eigenvalue weighted by molar-refractivity contribution is 6.01. The number of rotatable bonds is 4. The number of hydrogen-bond acceptors (Lipinski definition) is 6. The minimum absolute atomic E-state index is 0.0559. The maximum absolute atomic E-state index is 14.5. The summed E-state index contributed by atoms with van der Waals surface area (Å²) in [6, 6.07) is 2.55. The summed E-state index contributed by atoms with van der Waals surface area (Å²) in [5.41, 5.74) is 1.88. The summed E-state index contributed by atoms with van der Waals surface area (Å²) in [6.07, 6.45) is 4.81. The third-order valence-electron chi connectivity index (χ3n) is 6.73. The van der Waals surface area contributed by atoms with Crippen LogP contribution < -0.4 is 10.9 Å². The van der Waals surface area contributed by atoms with E-state index in [1.165, 1.54) is 10.7 Å². The van der Waals surface area contributed by atoms with Gasteiger partial charge in [-0.25, -0.2) is 14.5 Å². The molecule has 2 aromatic carbocycles. The second-order valence-corrected chi connectivity index (χ2v) is 9.34. The Bertz CT molecular complexity index is 2340. The minimum atomic E-state index is -0.992. The number of aromatic nitrogens is 7. The van der Waals surface area contributed by atoms with E-state index in [1.807, 2.05) is 6.92 Å². The van der Waals surface area contributed by atoms with Gasteiger partial charge >= 0.3 is 0 Å². The smallest absolute Gasteiger partial charge is 0.267 e. The number of carbonyl (C=O) groups is 1. The van der Waals surface area contributed by atoms with Crippen LogP contribution in [-0.4, -0.2) is 39.8 Å².